The van der Waals surface area contributed by atoms with Crippen molar-refractivity contribution in [2.75, 3.05) is 19.6 Å². The number of rotatable bonds is 13. The maximum absolute atomic E-state index is 8.36. The molecular weight excluding hydrogens is 250 g/mol. The topological polar surface area (TPSA) is 40.5 Å². The Morgan fingerprint density at radius 1 is 0.750 bits per heavy atom. The largest absolute Gasteiger partial charge is 0.483 e. The van der Waals surface area contributed by atoms with Crippen LogP contribution in [0.5, 0.6) is 0 Å². The SMILES string of the molecule is CCCCCCCCCCCCN(CC)CC.O=CO. The maximum Gasteiger partial charge on any atom is 0.290 e. The molecule has 20 heavy (non-hydrogen) atoms. The Hall–Kier alpha value is -0.570. The fraction of sp³-hybridized carbons (Fsp3) is 0.941. The van der Waals surface area contributed by atoms with E-state index in [0.29, 0.717) is 0 Å². The number of nitrogens with zero attached hydrogens (tertiary/aromatic N) is 1. The van der Waals surface area contributed by atoms with E-state index in [1.165, 1.54) is 83.8 Å². The monoisotopic (exact) mass is 287 g/mol. The molecule has 0 saturated carbocycles. The van der Waals surface area contributed by atoms with E-state index in [1.807, 2.05) is 0 Å². The number of carboxylic acid groups (broad SMARTS) is 1. The van der Waals surface area contributed by atoms with Gasteiger partial charge in [-0.1, -0.05) is 78.6 Å². The maximum atomic E-state index is 8.36. The van der Waals surface area contributed by atoms with Crippen molar-refractivity contribution < 1.29 is 9.90 Å². The molecule has 0 aliphatic carbocycles. The van der Waals surface area contributed by atoms with E-state index < -0.39 is 0 Å². The minimum atomic E-state index is -0.250. The fourth-order valence-corrected chi connectivity index (χ4v) is 2.36. The first-order valence-electron chi connectivity index (χ1n) is 8.56. The van der Waals surface area contributed by atoms with Crippen LogP contribution in [-0.2, 0) is 4.79 Å². The summed E-state index contributed by atoms with van der Waals surface area (Å²) in [5.74, 6) is 0. The van der Waals surface area contributed by atoms with Gasteiger partial charge in [0, 0.05) is 0 Å². The minimum absolute atomic E-state index is 0.250. The van der Waals surface area contributed by atoms with Crippen molar-refractivity contribution in [3.8, 4) is 0 Å². The third kappa shape index (κ3) is 19.8. The van der Waals surface area contributed by atoms with Gasteiger partial charge in [0.15, 0.2) is 0 Å². The van der Waals surface area contributed by atoms with Crippen LogP contribution in [0.4, 0.5) is 0 Å². The van der Waals surface area contributed by atoms with E-state index in [9.17, 15) is 0 Å². The highest BCUT2D eigenvalue weighted by Gasteiger charge is 1.98. The molecule has 0 amide bonds. The third-order valence-electron chi connectivity index (χ3n) is 3.72. The molecule has 1 N–H and O–H groups in total. The Labute approximate surface area is 126 Å². The van der Waals surface area contributed by atoms with Gasteiger partial charge in [-0.3, -0.25) is 4.79 Å². The average molecular weight is 287 g/mol. The van der Waals surface area contributed by atoms with Gasteiger partial charge in [-0.25, -0.2) is 0 Å². The second-order valence-corrected chi connectivity index (χ2v) is 5.31. The number of carbonyl (C=O) groups is 1. The van der Waals surface area contributed by atoms with Crippen molar-refractivity contribution in [1.29, 1.82) is 0 Å². The van der Waals surface area contributed by atoms with E-state index in [0.717, 1.165) is 0 Å². The van der Waals surface area contributed by atoms with Crippen LogP contribution in [0, 0.1) is 0 Å². The Bertz CT molecular complexity index is 170. The fourth-order valence-electron chi connectivity index (χ4n) is 2.36. The molecule has 0 aromatic carbocycles. The molecule has 3 heteroatoms. The first-order chi connectivity index (χ1) is 9.76. The molecule has 0 rings (SSSR count). The summed E-state index contributed by atoms with van der Waals surface area (Å²) in [5, 5.41) is 6.89. The molecule has 0 aromatic heterocycles. The smallest absolute Gasteiger partial charge is 0.290 e. The van der Waals surface area contributed by atoms with Gasteiger partial charge in [-0.05, 0) is 26.1 Å². The van der Waals surface area contributed by atoms with Gasteiger partial charge in [-0.15, -0.1) is 0 Å². The Morgan fingerprint density at radius 2 is 1.10 bits per heavy atom. The van der Waals surface area contributed by atoms with Gasteiger partial charge in [0.2, 0.25) is 0 Å². The van der Waals surface area contributed by atoms with Crippen LogP contribution in [0.15, 0.2) is 0 Å². The second kappa shape index (κ2) is 20.7. The summed E-state index contributed by atoms with van der Waals surface area (Å²) in [6, 6.07) is 0. The van der Waals surface area contributed by atoms with Gasteiger partial charge >= 0.3 is 0 Å². The van der Waals surface area contributed by atoms with Crippen LogP contribution < -0.4 is 0 Å². The van der Waals surface area contributed by atoms with Crippen molar-refractivity contribution in [2.45, 2.75) is 85.0 Å². The van der Waals surface area contributed by atoms with Crippen LogP contribution >= 0.6 is 0 Å². The van der Waals surface area contributed by atoms with Gasteiger partial charge < -0.3 is 10.0 Å². The molecule has 0 aliphatic heterocycles. The van der Waals surface area contributed by atoms with Gasteiger partial charge in [0.05, 0.1) is 0 Å². The van der Waals surface area contributed by atoms with Crippen molar-refractivity contribution in [3.63, 3.8) is 0 Å². The van der Waals surface area contributed by atoms with E-state index in [1.54, 1.807) is 0 Å². The van der Waals surface area contributed by atoms with Crippen molar-refractivity contribution in [2.24, 2.45) is 0 Å². The summed E-state index contributed by atoms with van der Waals surface area (Å²) in [6.07, 6.45) is 14.4. The molecule has 0 aromatic rings. The van der Waals surface area contributed by atoms with Crippen LogP contribution in [0.2, 0.25) is 0 Å². The lowest BCUT2D eigenvalue weighted by Crippen LogP contribution is -2.23. The van der Waals surface area contributed by atoms with Crippen LogP contribution in [0.1, 0.15) is 85.0 Å². The first-order valence-corrected chi connectivity index (χ1v) is 8.56. The Morgan fingerprint density at radius 3 is 1.45 bits per heavy atom. The van der Waals surface area contributed by atoms with Crippen molar-refractivity contribution in [3.05, 3.63) is 0 Å². The van der Waals surface area contributed by atoms with Crippen LogP contribution in [0.3, 0.4) is 0 Å². The lowest BCUT2D eigenvalue weighted by Gasteiger charge is -2.17. The molecule has 0 aliphatic rings. The summed E-state index contributed by atoms with van der Waals surface area (Å²) < 4.78 is 0. The molecule has 0 atom stereocenters. The quantitative estimate of drug-likeness (QED) is 0.385. The molecule has 122 valence electrons. The second-order valence-electron chi connectivity index (χ2n) is 5.31. The highest BCUT2D eigenvalue weighted by atomic mass is 16.3. The minimum Gasteiger partial charge on any atom is -0.483 e. The highest BCUT2D eigenvalue weighted by Crippen LogP contribution is 2.10. The van der Waals surface area contributed by atoms with Gasteiger partial charge in [-0.2, -0.15) is 0 Å². The zero-order valence-corrected chi connectivity index (χ0v) is 14.1. The van der Waals surface area contributed by atoms with Gasteiger partial charge in [0.25, 0.3) is 6.47 Å². The standard InChI is InChI=1S/C16H35N.CH2O2/c1-4-7-8-9-10-11-12-13-14-15-16-17(5-2)6-3;2-1-3/h4-16H2,1-3H3;1H,(H,2,3). The number of hydrogen-bond acceptors (Lipinski definition) is 2. The molecule has 3 nitrogen and oxygen atoms in total. The Kier molecular flexibility index (Phi) is 22.5. The third-order valence-corrected chi connectivity index (χ3v) is 3.72. The zero-order chi connectivity index (χ0) is 15.5. The molecule has 0 bridgehead atoms. The summed E-state index contributed by atoms with van der Waals surface area (Å²) >= 11 is 0. The lowest BCUT2D eigenvalue weighted by molar-refractivity contribution is -0.122. The number of unbranched alkanes of at least 4 members (excludes halogenated alkanes) is 9. The van der Waals surface area contributed by atoms with E-state index in [-0.39, 0.29) is 6.47 Å². The summed E-state index contributed by atoms with van der Waals surface area (Å²) in [5.41, 5.74) is 0. The lowest BCUT2D eigenvalue weighted by atomic mass is 10.1. The van der Waals surface area contributed by atoms with Crippen molar-refractivity contribution in [1.82, 2.24) is 4.90 Å². The van der Waals surface area contributed by atoms with E-state index in [4.69, 9.17) is 9.90 Å². The molecule has 0 saturated heterocycles. The van der Waals surface area contributed by atoms with Gasteiger partial charge in [0.1, 0.15) is 0 Å². The molecule has 0 radical (unpaired) electrons. The predicted octanol–water partition coefficient (Wildman–Crippen LogP) is 4.95. The normalized spacial score (nSPS) is 10.2. The summed E-state index contributed by atoms with van der Waals surface area (Å²) in [4.78, 5) is 10.9. The molecular formula is C17H37NO2. The number of hydrogen-bond donors (Lipinski definition) is 1. The van der Waals surface area contributed by atoms with E-state index >= 15 is 0 Å². The van der Waals surface area contributed by atoms with Crippen LogP contribution in [0.25, 0.3) is 0 Å². The average Bonchev–Trinajstić information content (AvgIpc) is 2.46. The molecule has 0 heterocycles. The van der Waals surface area contributed by atoms with Crippen LogP contribution in [-0.4, -0.2) is 36.1 Å². The van der Waals surface area contributed by atoms with Crippen molar-refractivity contribution >= 4 is 6.47 Å². The summed E-state index contributed by atoms with van der Waals surface area (Å²) in [7, 11) is 0. The zero-order valence-electron chi connectivity index (χ0n) is 14.1. The van der Waals surface area contributed by atoms with E-state index in [2.05, 4.69) is 25.7 Å². The summed E-state index contributed by atoms with van der Waals surface area (Å²) in [6.45, 7) is 10.3. The highest BCUT2D eigenvalue weighted by molar-refractivity contribution is 5.32. The molecule has 0 fully saturated rings. The first kappa shape index (κ1) is 21.7. The Balaban J connectivity index is 0. The predicted molar refractivity (Wildman–Crippen MR) is 88.3 cm³/mol. The molecule has 0 unspecified atom stereocenters. The molecule has 0 spiro atoms.